The zero-order valence-corrected chi connectivity index (χ0v) is 9.84. The summed E-state index contributed by atoms with van der Waals surface area (Å²) in [5.74, 6) is 0.846. The molecule has 0 bridgehead atoms. The minimum atomic E-state index is -0.328. The van der Waals surface area contributed by atoms with Gasteiger partial charge in [-0.3, -0.25) is 4.79 Å². The Balaban J connectivity index is 3.38. The number of esters is 2. The molecule has 0 unspecified atom stereocenters. The van der Waals surface area contributed by atoms with Crippen LogP contribution in [0.2, 0.25) is 0 Å². The highest BCUT2D eigenvalue weighted by molar-refractivity contribution is 7.99. The molecule has 0 spiro atoms. The van der Waals surface area contributed by atoms with Gasteiger partial charge >= 0.3 is 11.9 Å². The Kier molecular flexibility index (Phi) is 8.96. The second-order valence-electron chi connectivity index (χ2n) is 2.56. The van der Waals surface area contributed by atoms with Gasteiger partial charge in [-0.25, -0.2) is 4.79 Å². The molecule has 0 rings (SSSR count). The molecule has 0 saturated carbocycles. The average molecular weight is 232 g/mol. The van der Waals surface area contributed by atoms with Crippen molar-refractivity contribution in [3.63, 3.8) is 0 Å². The van der Waals surface area contributed by atoms with Crippen molar-refractivity contribution in [2.24, 2.45) is 0 Å². The van der Waals surface area contributed by atoms with Crippen molar-refractivity contribution in [3.05, 3.63) is 12.2 Å². The van der Waals surface area contributed by atoms with Crippen LogP contribution in [0.5, 0.6) is 0 Å². The van der Waals surface area contributed by atoms with Crippen LogP contribution in [-0.2, 0) is 19.1 Å². The lowest BCUT2D eigenvalue weighted by Crippen LogP contribution is -2.01. The molecule has 4 nitrogen and oxygen atoms in total. The average Bonchev–Trinajstić information content (AvgIpc) is 2.23. The number of hydrogen-bond donors (Lipinski definition) is 0. The van der Waals surface area contributed by atoms with Crippen molar-refractivity contribution >= 4 is 23.7 Å². The zero-order chi connectivity index (χ0) is 11.5. The van der Waals surface area contributed by atoms with Crippen LogP contribution in [0.25, 0.3) is 0 Å². The van der Waals surface area contributed by atoms with E-state index in [1.165, 1.54) is 13.2 Å². The molecule has 0 aliphatic carbocycles. The van der Waals surface area contributed by atoms with Gasteiger partial charge in [0, 0.05) is 17.6 Å². The number of carbonyl (C=O) groups excluding carboxylic acids is 2. The van der Waals surface area contributed by atoms with E-state index in [1.807, 2.05) is 0 Å². The predicted molar refractivity (Wildman–Crippen MR) is 59.7 cm³/mol. The number of hydrogen-bond acceptors (Lipinski definition) is 5. The second-order valence-corrected chi connectivity index (χ2v) is 3.71. The first-order valence-electron chi connectivity index (χ1n) is 4.68. The SMILES string of the molecule is CCOC(=O)/C=C/CSCCC(=O)OC. The van der Waals surface area contributed by atoms with Gasteiger partial charge in [0.25, 0.3) is 0 Å². The maximum absolute atomic E-state index is 10.8. The van der Waals surface area contributed by atoms with Crippen LogP contribution in [0.1, 0.15) is 13.3 Å². The highest BCUT2D eigenvalue weighted by Gasteiger charge is 1.98. The van der Waals surface area contributed by atoms with Crippen LogP contribution in [0, 0.1) is 0 Å². The lowest BCUT2D eigenvalue weighted by molar-refractivity contribution is -0.140. The predicted octanol–water partition coefficient (Wildman–Crippen LogP) is 1.40. The van der Waals surface area contributed by atoms with E-state index in [4.69, 9.17) is 4.74 Å². The van der Waals surface area contributed by atoms with E-state index in [0.29, 0.717) is 24.5 Å². The second kappa shape index (κ2) is 9.58. The molecule has 0 amide bonds. The topological polar surface area (TPSA) is 52.6 Å². The summed E-state index contributed by atoms with van der Waals surface area (Å²) in [6.07, 6.45) is 3.52. The molecule has 0 radical (unpaired) electrons. The van der Waals surface area contributed by atoms with Crippen molar-refractivity contribution in [3.8, 4) is 0 Å². The fourth-order valence-electron chi connectivity index (χ4n) is 0.744. The largest absolute Gasteiger partial charge is 0.469 e. The van der Waals surface area contributed by atoms with Crippen LogP contribution in [0.3, 0.4) is 0 Å². The summed E-state index contributed by atoms with van der Waals surface area (Å²) in [5, 5.41) is 0. The lowest BCUT2D eigenvalue weighted by Gasteiger charge is -1.97. The van der Waals surface area contributed by atoms with E-state index in [0.717, 1.165) is 0 Å². The smallest absolute Gasteiger partial charge is 0.330 e. The first-order valence-corrected chi connectivity index (χ1v) is 5.84. The standard InChI is InChI=1S/C10H16O4S/c1-3-14-10(12)5-4-7-15-8-6-9(11)13-2/h4-5H,3,6-8H2,1-2H3/b5-4+. The van der Waals surface area contributed by atoms with Crippen molar-refractivity contribution in [2.75, 3.05) is 25.2 Å². The van der Waals surface area contributed by atoms with Crippen molar-refractivity contribution in [1.82, 2.24) is 0 Å². The van der Waals surface area contributed by atoms with Gasteiger partial charge in [-0.1, -0.05) is 6.08 Å². The zero-order valence-electron chi connectivity index (χ0n) is 9.02. The van der Waals surface area contributed by atoms with E-state index in [9.17, 15) is 9.59 Å². The molecule has 0 atom stereocenters. The van der Waals surface area contributed by atoms with Gasteiger partial charge in [-0.05, 0) is 6.92 Å². The van der Waals surface area contributed by atoms with Crippen LogP contribution >= 0.6 is 11.8 Å². The molecule has 0 saturated heterocycles. The molecule has 0 aliphatic heterocycles. The molecule has 0 fully saturated rings. The minimum Gasteiger partial charge on any atom is -0.469 e. The van der Waals surface area contributed by atoms with Crippen LogP contribution in [0.15, 0.2) is 12.2 Å². The molecular weight excluding hydrogens is 216 g/mol. The van der Waals surface area contributed by atoms with Gasteiger partial charge in [-0.2, -0.15) is 11.8 Å². The van der Waals surface area contributed by atoms with Crippen LogP contribution in [-0.4, -0.2) is 37.2 Å². The molecule has 15 heavy (non-hydrogen) atoms. The Morgan fingerprint density at radius 3 is 2.73 bits per heavy atom. The summed E-state index contributed by atoms with van der Waals surface area (Å²) >= 11 is 1.56. The highest BCUT2D eigenvalue weighted by atomic mass is 32.2. The summed E-state index contributed by atoms with van der Waals surface area (Å²) in [7, 11) is 1.37. The molecule has 0 aliphatic rings. The highest BCUT2D eigenvalue weighted by Crippen LogP contribution is 2.03. The Labute approximate surface area is 94.0 Å². The van der Waals surface area contributed by atoms with Gasteiger partial charge < -0.3 is 9.47 Å². The minimum absolute atomic E-state index is 0.211. The van der Waals surface area contributed by atoms with E-state index in [2.05, 4.69) is 4.74 Å². The van der Waals surface area contributed by atoms with Crippen molar-refractivity contribution < 1.29 is 19.1 Å². The lowest BCUT2D eigenvalue weighted by atomic mass is 10.5. The maximum atomic E-state index is 10.8. The first kappa shape index (κ1) is 14.0. The van der Waals surface area contributed by atoms with Gasteiger partial charge in [0.2, 0.25) is 0 Å². The fourth-order valence-corrected chi connectivity index (χ4v) is 1.45. The molecule has 0 heterocycles. The molecule has 0 aromatic carbocycles. The summed E-state index contributed by atoms with van der Waals surface area (Å²) in [5.41, 5.74) is 0. The van der Waals surface area contributed by atoms with Gasteiger partial charge in [0.1, 0.15) is 0 Å². The monoisotopic (exact) mass is 232 g/mol. The molecule has 5 heteroatoms. The Morgan fingerprint density at radius 2 is 2.13 bits per heavy atom. The summed E-state index contributed by atoms with van der Waals surface area (Å²) in [6, 6.07) is 0. The Morgan fingerprint density at radius 1 is 1.40 bits per heavy atom. The van der Waals surface area contributed by atoms with Gasteiger partial charge in [0.05, 0.1) is 20.1 Å². The van der Waals surface area contributed by atoms with Gasteiger partial charge in [-0.15, -0.1) is 0 Å². The molecule has 86 valence electrons. The maximum Gasteiger partial charge on any atom is 0.330 e. The molecule has 0 aromatic heterocycles. The summed E-state index contributed by atoms with van der Waals surface area (Å²) < 4.78 is 9.18. The molecule has 0 aromatic rings. The number of ether oxygens (including phenoxy) is 2. The normalized spacial score (nSPS) is 10.3. The van der Waals surface area contributed by atoms with Crippen LogP contribution in [0.4, 0.5) is 0 Å². The third-order valence-corrected chi connectivity index (χ3v) is 2.35. The third kappa shape index (κ3) is 9.34. The van der Waals surface area contributed by atoms with Crippen LogP contribution < -0.4 is 0 Å². The fraction of sp³-hybridized carbons (Fsp3) is 0.600. The number of methoxy groups -OCH3 is 1. The van der Waals surface area contributed by atoms with Crippen molar-refractivity contribution in [2.45, 2.75) is 13.3 Å². The Hall–Kier alpha value is -0.970. The van der Waals surface area contributed by atoms with Crippen molar-refractivity contribution in [1.29, 1.82) is 0 Å². The number of thioether (sulfide) groups is 1. The van der Waals surface area contributed by atoms with Gasteiger partial charge in [0.15, 0.2) is 0 Å². The quantitative estimate of drug-likeness (QED) is 0.377. The number of rotatable bonds is 7. The van der Waals surface area contributed by atoms with E-state index >= 15 is 0 Å². The van der Waals surface area contributed by atoms with E-state index < -0.39 is 0 Å². The van der Waals surface area contributed by atoms with E-state index in [1.54, 1.807) is 24.8 Å². The van der Waals surface area contributed by atoms with E-state index in [-0.39, 0.29) is 11.9 Å². The summed E-state index contributed by atoms with van der Waals surface area (Å²) in [6.45, 7) is 2.15. The summed E-state index contributed by atoms with van der Waals surface area (Å²) in [4.78, 5) is 21.5. The third-order valence-electron chi connectivity index (χ3n) is 1.43. The Bertz CT molecular complexity index is 225. The molecule has 0 N–H and O–H groups in total. The first-order chi connectivity index (χ1) is 7.20. The molecular formula is C10H16O4S. The number of carbonyl (C=O) groups is 2.